The zero-order valence-electron chi connectivity index (χ0n) is 16.0. The third kappa shape index (κ3) is 6.16. The summed E-state index contributed by atoms with van der Waals surface area (Å²) in [4.78, 5) is 13.9. The van der Waals surface area contributed by atoms with E-state index in [-0.39, 0.29) is 18.1 Å². The average Bonchev–Trinajstić information content (AvgIpc) is 2.65. The number of rotatable bonds is 8. The molecule has 0 heterocycles. The van der Waals surface area contributed by atoms with Crippen LogP contribution in [0.4, 0.5) is 18.9 Å². The number of benzene rings is 2. The third-order valence-electron chi connectivity index (χ3n) is 4.12. The summed E-state index contributed by atoms with van der Waals surface area (Å²) in [6, 6.07) is 10.2. The Balaban J connectivity index is 1.88. The van der Waals surface area contributed by atoms with Gasteiger partial charge in [-0.1, -0.05) is 12.1 Å². The number of nitrogens with zero attached hydrogens (tertiary/aromatic N) is 1. The van der Waals surface area contributed by atoms with E-state index in [9.17, 15) is 18.0 Å². The van der Waals surface area contributed by atoms with Gasteiger partial charge in [-0.05, 0) is 49.4 Å². The quantitative estimate of drug-likeness (QED) is 0.737. The van der Waals surface area contributed by atoms with Gasteiger partial charge in [-0.25, -0.2) is 0 Å². The molecule has 0 bridgehead atoms. The van der Waals surface area contributed by atoms with Gasteiger partial charge in [-0.3, -0.25) is 9.69 Å². The second kappa shape index (κ2) is 9.45. The van der Waals surface area contributed by atoms with Crippen molar-refractivity contribution in [3.63, 3.8) is 0 Å². The van der Waals surface area contributed by atoms with Crippen molar-refractivity contribution in [3.8, 4) is 11.5 Å². The molecule has 0 aliphatic rings. The fraction of sp³-hybridized carbons (Fsp3) is 0.350. The fourth-order valence-corrected chi connectivity index (χ4v) is 2.65. The number of halogens is 3. The second-order valence-electron chi connectivity index (χ2n) is 6.30. The SMILES string of the molecule is COc1ccc(CCN(C)CC(=O)Nc2cccc(C(F)(F)F)c2)cc1OC. The zero-order chi connectivity index (χ0) is 20.7. The summed E-state index contributed by atoms with van der Waals surface area (Å²) in [5, 5.41) is 2.50. The predicted octanol–water partition coefficient (Wildman–Crippen LogP) is 3.84. The topological polar surface area (TPSA) is 50.8 Å². The number of methoxy groups -OCH3 is 2. The van der Waals surface area contributed by atoms with E-state index in [0.717, 1.165) is 17.7 Å². The Labute approximate surface area is 162 Å². The van der Waals surface area contributed by atoms with Crippen LogP contribution in [0.3, 0.4) is 0 Å². The van der Waals surface area contributed by atoms with Gasteiger partial charge in [0.15, 0.2) is 11.5 Å². The van der Waals surface area contributed by atoms with Crippen molar-refractivity contribution in [2.45, 2.75) is 12.6 Å². The number of carbonyl (C=O) groups excluding carboxylic acids is 1. The van der Waals surface area contributed by atoms with E-state index >= 15 is 0 Å². The van der Waals surface area contributed by atoms with Gasteiger partial charge in [0.1, 0.15) is 0 Å². The minimum atomic E-state index is -4.45. The van der Waals surface area contributed by atoms with Crippen LogP contribution in [-0.2, 0) is 17.4 Å². The molecule has 0 radical (unpaired) electrons. The molecule has 0 fully saturated rings. The summed E-state index contributed by atoms with van der Waals surface area (Å²) in [5.41, 5.74) is 0.336. The molecule has 0 spiro atoms. The van der Waals surface area contributed by atoms with Gasteiger partial charge < -0.3 is 14.8 Å². The van der Waals surface area contributed by atoms with E-state index in [1.807, 2.05) is 18.2 Å². The highest BCUT2D eigenvalue weighted by molar-refractivity contribution is 5.92. The molecule has 1 N–H and O–H groups in total. The first-order valence-electron chi connectivity index (χ1n) is 8.59. The first kappa shape index (κ1) is 21.6. The van der Waals surface area contributed by atoms with Crippen molar-refractivity contribution in [2.24, 2.45) is 0 Å². The summed E-state index contributed by atoms with van der Waals surface area (Å²) in [7, 11) is 4.90. The van der Waals surface area contributed by atoms with Gasteiger partial charge in [-0.2, -0.15) is 13.2 Å². The normalized spacial score (nSPS) is 11.4. The van der Waals surface area contributed by atoms with Crippen LogP contribution in [0.5, 0.6) is 11.5 Å². The van der Waals surface area contributed by atoms with Crippen LogP contribution in [0.25, 0.3) is 0 Å². The maximum atomic E-state index is 12.7. The molecule has 0 aliphatic carbocycles. The lowest BCUT2D eigenvalue weighted by Gasteiger charge is -2.17. The number of nitrogens with one attached hydrogen (secondary N) is 1. The number of anilines is 1. The molecule has 1 amide bonds. The number of hydrogen-bond acceptors (Lipinski definition) is 4. The van der Waals surface area contributed by atoms with Gasteiger partial charge in [0.05, 0.1) is 26.3 Å². The van der Waals surface area contributed by atoms with Crippen LogP contribution >= 0.6 is 0 Å². The van der Waals surface area contributed by atoms with Crippen molar-refractivity contribution < 1.29 is 27.4 Å². The first-order chi connectivity index (χ1) is 13.2. The molecule has 152 valence electrons. The number of hydrogen-bond donors (Lipinski definition) is 1. The van der Waals surface area contributed by atoms with Crippen molar-refractivity contribution in [1.82, 2.24) is 4.90 Å². The molecule has 0 saturated heterocycles. The van der Waals surface area contributed by atoms with Gasteiger partial charge >= 0.3 is 6.18 Å². The van der Waals surface area contributed by atoms with Crippen LogP contribution in [-0.4, -0.2) is 45.2 Å². The van der Waals surface area contributed by atoms with E-state index in [4.69, 9.17) is 9.47 Å². The Morgan fingerprint density at radius 2 is 1.79 bits per heavy atom. The number of likely N-dealkylation sites (N-methyl/N-ethyl adjacent to an activating group) is 1. The highest BCUT2D eigenvalue weighted by Gasteiger charge is 2.30. The fourth-order valence-electron chi connectivity index (χ4n) is 2.65. The lowest BCUT2D eigenvalue weighted by atomic mass is 10.1. The van der Waals surface area contributed by atoms with Crippen LogP contribution in [0, 0.1) is 0 Å². The Morgan fingerprint density at radius 3 is 2.43 bits per heavy atom. The van der Waals surface area contributed by atoms with Crippen LogP contribution in [0.2, 0.25) is 0 Å². The minimum Gasteiger partial charge on any atom is -0.493 e. The summed E-state index contributed by atoms with van der Waals surface area (Å²) >= 11 is 0. The Hall–Kier alpha value is -2.74. The molecule has 28 heavy (non-hydrogen) atoms. The van der Waals surface area contributed by atoms with E-state index in [1.165, 1.54) is 12.1 Å². The van der Waals surface area contributed by atoms with Gasteiger partial charge in [0.25, 0.3) is 0 Å². The summed E-state index contributed by atoms with van der Waals surface area (Å²) in [6.45, 7) is 0.648. The molecule has 2 aromatic rings. The maximum Gasteiger partial charge on any atom is 0.416 e. The van der Waals surface area contributed by atoms with E-state index < -0.39 is 11.7 Å². The molecule has 0 unspecified atom stereocenters. The molecule has 8 heteroatoms. The molecule has 2 aromatic carbocycles. The Bertz CT molecular complexity index is 810. The van der Waals surface area contributed by atoms with Crippen molar-refractivity contribution in [1.29, 1.82) is 0 Å². The van der Waals surface area contributed by atoms with E-state index in [2.05, 4.69) is 5.32 Å². The monoisotopic (exact) mass is 396 g/mol. The average molecular weight is 396 g/mol. The molecular formula is C20H23F3N2O3. The highest BCUT2D eigenvalue weighted by Crippen LogP contribution is 2.30. The molecule has 2 rings (SSSR count). The second-order valence-corrected chi connectivity index (χ2v) is 6.30. The maximum absolute atomic E-state index is 12.7. The van der Waals surface area contributed by atoms with Gasteiger partial charge in [0.2, 0.25) is 5.91 Å². The van der Waals surface area contributed by atoms with Crippen LogP contribution in [0.1, 0.15) is 11.1 Å². The van der Waals surface area contributed by atoms with Crippen molar-refractivity contribution >= 4 is 11.6 Å². The molecule has 0 aromatic heterocycles. The number of amides is 1. The molecule has 0 saturated carbocycles. The number of ether oxygens (including phenoxy) is 2. The molecule has 0 aliphatic heterocycles. The van der Waals surface area contributed by atoms with Crippen molar-refractivity contribution in [2.75, 3.05) is 39.7 Å². The van der Waals surface area contributed by atoms with Gasteiger partial charge in [-0.15, -0.1) is 0 Å². The Morgan fingerprint density at radius 1 is 1.07 bits per heavy atom. The third-order valence-corrected chi connectivity index (χ3v) is 4.12. The van der Waals surface area contributed by atoms with E-state index in [0.29, 0.717) is 24.5 Å². The minimum absolute atomic E-state index is 0.0591. The highest BCUT2D eigenvalue weighted by atomic mass is 19.4. The smallest absolute Gasteiger partial charge is 0.416 e. The van der Waals surface area contributed by atoms with Crippen molar-refractivity contribution in [3.05, 3.63) is 53.6 Å². The zero-order valence-corrected chi connectivity index (χ0v) is 16.0. The van der Waals surface area contributed by atoms with Gasteiger partial charge in [0, 0.05) is 12.2 Å². The first-order valence-corrected chi connectivity index (χ1v) is 8.59. The number of carbonyl (C=O) groups is 1. The standard InChI is InChI=1S/C20H23F3N2O3/c1-25(10-9-14-7-8-17(27-2)18(11-14)28-3)13-19(26)24-16-6-4-5-15(12-16)20(21,22)23/h4-8,11-12H,9-10,13H2,1-3H3,(H,24,26). The lowest BCUT2D eigenvalue weighted by Crippen LogP contribution is -2.31. The predicted molar refractivity (Wildman–Crippen MR) is 101 cm³/mol. The summed E-state index contributed by atoms with van der Waals surface area (Å²) in [5.74, 6) is 0.888. The summed E-state index contributed by atoms with van der Waals surface area (Å²) in [6.07, 6.45) is -3.77. The molecule has 0 atom stereocenters. The van der Waals surface area contributed by atoms with Crippen LogP contribution in [0.15, 0.2) is 42.5 Å². The molecular weight excluding hydrogens is 373 g/mol. The summed E-state index contributed by atoms with van der Waals surface area (Å²) < 4.78 is 48.7. The van der Waals surface area contributed by atoms with E-state index in [1.54, 1.807) is 26.2 Å². The van der Waals surface area contributed by atoms with Crippen LogP contribution < -0.4 is 14.8 Å². The number of alkyl halides is 3. The Kier molecular flexibility index (Phi) is 7.28. The molecule has 5 nitrogen and oxygen atoms in total. The lowest BCUT2D eigenvalue weighted by molar-refractivity contribution is -0.137. The largest absolute Gasteiger partial charge is 0.493 e.